The smallest absolute Gasteiger partial charge is 0.254 e. The first-order chi connectivity index (χ1) is 14.3. The molecule has 4 aromatic rings. The molecule has 1 aliphatic heterocycles. The molecule has 2 aromatic heterocycles. The Morgan fingerprint density at radius 2 is 1.86 bits per heavy atom. The largest absolute Gasteiger partial charge is 0.340 e. The molecular weight excluding hydrogens is 380 g/mol. The van der Waals surface area contributed by atoms with E-state index in [-0.39, 0.29) is 11.9 Å². The first-order valence-corrected chi connectivity index (χ1v) is 10.5. The van der Waals surface area contributed by atoms with Gasteiger partial charge in [0.15, 0.2) is 0 Å². The fraction of sp³-hybridized carbons (Fsp3) is 0.174. The van der Waals surface area contributed by atoms with Crippen molar-refractivity contribution in [3.63, 3.8) is 0 Å². The van der Waals surface area contributed by atoms with Gasteiger partial charge in [-0.2, -0.15) is 0 Å². The molecule has 144 valence electrons. The lowest BCUT2D eigenvalue weighted by atomic mass is 10.1. The summed E-state index contributed by atoms with van der Waals surface area (Å²) in [5.74, 6) is 0.932. The summed E-state index contributed by atoms with van der Waals surface area (Å²) in [5, 5.41) is 0.941. The van der Waals surface area contributed by atoms with Crippen LogP contribution in [0, 0.1) is 0 Å². The Hall–Kier alpha value is -3.12. The lowest BCUT2D eigenvalue weighted by molar-refractivity contribution is 0.0730. The zero-order valence-electron chi connectivity index (χ0n) is 15.8. The SMILES string of the molecule is O=C(c1ccc(Sc2ccccn2)cc1)N1CCCC1c1nc2ccccc2[nH]1. The third-order valence-electron chi connectivity index (χ3n) is 5.20. The summed E-state index contributed by atoms with van der Waals surface area (Å²) in [6, 6.07) is 21.6. The van der Waals surface area contributed by atoms with Gasteiger partial charge >= 0.3 is 0 Å². The number of aromatic amines is 1. The number of carbonyl (C=O) groups excluding carboxylic acids is 1. The lowest BCUT2D eigenvalue weighted by Crippen LogP contribution is -2.31. The summed E-state index contributed by atoms with van der Waals surface area (Å²) in [6.45, 7) is 0.755. The van der Waals surface area contributed by atoms with Gasteiger partial charge in [0.25, 0.3) is 5.91 Å². The predicted molar refractivity (Wildman–Crippen MR) is 114 cm³/mol. The van der Waals surface area contributed by atoms with Crippen molar-refractivity contribution in [2.45, 2.75) is 28.8 Å². The topological polar surface area (TPSA) is 61.9 Å². The zero-order chi connectivity index (χ0) is 19.6. The minimum Gasteiger partial charge on any atom is -0.340 e. The number of aromatic nitrogens is 3. The average molecular weight is 401 g/mol. The summed E-state index contributed by atoms with van der Waals surface area (Å²) in [7, 11) is 0. The van der Waals surface area contributed by atoms with Gasteiger partial charge in [-0.15, -0.1) is 0 Å². The molecule has 1 aliphatic rings. The van der Waals surface area contributed by atoms with Crippen LogP contribution >= 0.6 is 11.8 Å². The van der Waals surface area contributed by atoms with Crippen molar-refractivity contribution in [1.82, 2.24) is 19.9 Å². The Labute approximate surface area is 173 Å². The van der Waals surface area contributed by atoms with Gasteiger partial charge < -0.3 is 9.88 Å². The van der Waals surface area contributed by atoms with E-state index in [1.165, 1.54) is 0 Å². The number of amides is 1. The quantitative estimate of drug-likeness (QED) is 0.518. The summed E-state index contributed by atoms with van der Waals surface area (Å²) in [4.78, 5) is 28.6. The van der Waals surface area contributed by atoms with E-state index in [2.05, 4.69) is 9.97 Å². The maximum Gasteiger partial charge on any atom is 0.254 e. The Bertz CT molecular complexity index is 1110. The van der Waals surface area contributed by atoms with E-state index in [1.807, 2.05) is 71.6 Å². The number of imidazole rings is 1. The molecule has 0 aliphatic carbocycles. The van der Waals surface area contributed by atoms with E-state index in [1.54, 1.807) is 18.0 Å². The van der Waals surface area contributed by atoms with Crippen LogP contribution in [0.3, 0.4) is 0 Å². The lowest BCUT2D eigenvalue weighted by Gasteiger charge is -2.23. The van der Waals surface area contributed by atoms with Gasteiger partial charge in [0.2, 0.25) is 0 Å². The molecule has 5 nitrogen and oxygen atoms in total. The number of nitrogens with zero attached hydrogens (tertiary/aromatic N) is 3. The van der Waals surface area contributed by atoms with Crippen molar-refractivity contribution < 1.29 is 4.79 Å². The predicted octanol–water partition coefficient (Wildman–Crippen LogP) is 5.09. The fourth-order valence-electron chi connectivity index (χ4n) is 3.78. The molecule has 3 heterocycles. The number of hydrogen-bond acceptors (Lipinski definition) is 4. The van der Waals surface area contributed by atoms with Crippen LogP contribution in [-0.4, -0.2) is 32.3 Å². The second-order valence-electron chi connectivity index (χ2n) is 7.09. The number of carbonyl (C=O) groups is 1. The van der Waals surface area contributed by atoms with Crippen LogP contribution in [-0.2, 0) is 0 Å². The van der Waals surface area contributed by atoms with Crippen LogP contribution in [0.5, 0.6) is 0 Å². The molecule has 1 N–H and O–H groups in total. The second kappa shape index (κ2) is 7.72. The molecule has 0 bridgehead atoms. The summed E-state index contributed by atoms with van der Waals surface area (Å²) < 4.78 is 0. The van der Waals surface area contributed by atoms with Crippen molar-refractivity contribution in [1.29, 1.82) is 0 Å². The number of pyridine rings is 1. The van der Waals surface area contributed by atoms with Crippen LogP contribution in [0.2, 0.25) is 0 Å². The maximum absolute atomic E-state index is 13.2. The molecule has 0 spiro atoms. The molecule has 0 saturated carbocycles. The van der Waals surface area contributed by atoms with Crippen LogP contribution < -0.4 is 0 Å². The van der Waals surface area contributed by atoms with Crippen LogP contribution in [0.4, 0.5) is 0 Å². The monoisotopic (exact) mass is 400 g/mol. The Kier molecular flexibility index (Phi) is 4.77. The van der Waals surface area contributed by atoms with Gasteiger partial charge in [-0.1, -0.05) is 30.0 Å². The number of hydrogen-bond donors (Lipinski definition) is 1. The third kappa shape index (κ3) is 3.63. The van der Waals surface area contributed by atoms with Gasteiger partial charge in [0.05, 0.1) is 17.1 Å². The second-order valence-corrected chi connectivity index (χ2v) is 8.18. The van der Waals surface area contributed by atoms with E-state index in [0.717, 1.165) is 46.2 Å². The molecule has 0 radical (unpaired) electrons. The van der Waals surface area contributed by atoms with Crippen molar-refractivity contribution in [2.24, 2.45) is 0 Å². The Balaban J connectivity index is 1.35. The highest BCUT2D eigenvalue weighted by Gasteiger charge is 2.32. The molecule has 29 heavy (non-hydrogen) atoms. The number of likely N-dealkylation sites (tertiary alicyclic amines) is 1. The highest BCUT2D eigenvalue weighted by molar-refractivity contribution is 7.99. The zero-order valence-corrected chi connectivity index (χ0v) is 16.6. The molecule has 5 rings (SSSR count). The van der Waals surface area contributed by atoms with Gasteiger partial charge in [0, 0.05) is 23.2 Å². The van der Waals surface area contributed by atoms with E-state index in [0.29, 0.717) is 5.56 Å². The van der Waals surface area contributed by atoms with E-state index in [9.17, 15) is 4.79 Å². The standard InChI is InChI=1S/C23H20N4OS/c28-23(16-10-12-17(13-11-16)29-21-9-3-4-14-24-21)27-15-5-8-20(27)22-25-18-6-1-2-7-19(18)26-22/h1-4,6-7,9-14,20H,5,8,15H2,(H,25,26). The summed E-state index contributed by atoms with van der Waals surface area (Å²) >= 11 is 1.59. The average Bonchev–Trinajstić information content (AvgIpc) is 3.41. The first kappa shape index (κ1) is 17.9. The van der Waals surface area contributed by atoms with E-state index in [4.69, 9.17) is 4.98 Å². The van der Waals surface area contributed by atoms with Crippen molar-refractivity contribution in [2.75, 3.05) is 6.54 Å². The van der Waals surface area contributed by atoms with Crippen LogP contribution in [0.15, 0.2) is 82.8 Å². The number of nitrogens with one attached hydrogen (secondary N) is 1. The normalized spacial score (nSPS) is 16.4. The number of benzene rings is 2. The molecule has 1 saturated heterocycles. The number of rotatable bonds is 4. The molecule has 1 fully saturated rings. The minimum atomic E-state index is -0.00234. The number of fused-ring (bicyclic) bond motifs is 1. The molecular formula is C23H20N4OS. The van der Waals surface area contributed by atoms with Gasteiger partial charge in [0.1, 0.15) is 10.9 Å². The highest BCUT2D eigenvalue weighted by Crippen LogP contribution is 2.33. The highest BCUT2D eigenvalue weighted by atomic mass is 32.2. The molecule has 1 atom stereocenters. The van der Waals surface area contributed by atoms with E-state index < -0.39 is 0 Å². The van der Waals surface area contributed by atoms with Gasteiger partial charge in [-0.3, -0.25) is 4.79 Å². The number of para-hydroxylation sites is 2. The van der Waals surface area contributed by atoms with E-state index >= 15 is 0 Å². The number of H-pyrrole nitrogens is 1. The van der Waals surface area contributed by atoms with Gasteiger partial charge in [-0.25, -0.2) is 9.97 Å². The summed E-state index contributed by atoms with van der Waals surface area (Å²) in [5.41, 5.74) is 2.66. The molecule has 1 unspecified atom stereocenters. The molecule has 6 heteroatoms. The van der Waals surface area contributed by atoms with Crippen LogP contribution in [0.1, 0.15) is 35.1 Å². The van der Waals surface area contributed by atoms with Gasteiger partial charge in [-0.05, 0) is 61.4 Å². The van der Waals surface area contributed by atoms with Crippen molar-refractivity contribution in [3.8, 4) is 0 Å². The third-order valence-corrected chi connectivity index (χ3v) is 6.16. The van der Waals surface area contributed by atoms with Crippen molar-refractivity contribution >= 4 is 28.7 Å². The Morgan fingerprint density at radius 1 is 1.03 bits per heavy atom. The fourth-order valence-corrected chi connectivity index (χ4v) is 4.56. The van der Waals surface area contributed by atoms with Crippen molar-refractivity contribution in [3.05, 3.63) is 84.3 Å². The molecule has 1 amide bonds. The minimum absolute atomic E-state index is 0.00234. The Morgan fingerprint density at radius 3 is 2.66 bits per heavy atom. The van der Waals surface area contributed by atoms with Crippen LogP contribution in [0.25, 0.3) is 11.0 Å². The first-order valence-electron chi connectivity index (χ1n) is 9.72. The maximum atomic E-state index is 13.2. The molecule has 2 aromatic carbocycles. The summed E-state index contributed by atoms with van der Waals surface area (Å²) in [6.07, 6.45) is 3.70.